The van der Waals surface area contributed by atoms with Crippen molar-refractivity contribution >= 4 is 22.9 Å². The van der Waals surface area contributed by atoms with Crippen LogP contribution in [0.5, 0.6) is 0 Å². The Labute approximate surface area is 116 Å². The maximum absolute atomic E-state index is 12.7. The third-order valence-corrected chi connectivity index (χ3v) is 4.37. The van der Waals surface area contributed by atoms with Gasteiger partial charge in [-0.1, -0.05) is 18.2 Å². The number of rotatable bonds is 1. The zero-order valence-corrected chi connectivity index (χ0v) is 11.6. The summed E-state index contributed by atoms with van der Waals surface area (Å²) in [5, 5.41) is 3.92. The number of nitrogens with two attached hydrogens (primary N) is 1. The Morgan fingerprint density at radius 3 is 2.89 bits per heavy atom. The molecule has 4 heteroatoms. The number of hydrogen-bond donors (Lipinski definition) is 1. The van der Waals surface area contributed by atoms with E-state index in [1.165, 1.54) is 0 Å². The Kier molecular flexibility index (Phi) is 3.12. The molecule has 1 amide bonds. The predicted molar refractivity (Wildman–Crippen MR) is 78.9 cm³/mol. The van der Waals surface area contributed by atoms with Crippen LogP contribution in [-0.2, 0) is 6.42 Å². The molecule has 1 aromatic heterocycles. The van der Waals surface area contributed by atoms with Crippen LogP contribution in [0.25, 0.3) is 0 Å². The second-order valence-electron chi connectivity index (χ2n) is 4.98. The normalized spacial score (nSPS) is 18.2. The Balaban J connectivity index is 2.02. The Hall–Kier alpha value is -1.65. The highest BCUT2D eigenvalue weighted by atomic mass is 32.1. The van der Waals surface area contributed by atoms with E-state index < -0.39 is 0 Å². The van der Waals surface area contributed by atoms with Crippen LogP contribution < -0.4 is 10.6 Å². The lowest BCUT2D eigenvalue weighted by Crippen LogP contribution is -2.46. The molecule has 0 saturated carbocycles. The summed E-state index contributed by atoms with van der Waals surface area (Å²) in [6, 6.07) is 8.03. The average Bonchev–Trinajstić information content (AvgIpc) is 2.83. The Bertz CT molecular complexity index is 620. The van der Waals surface area contributed by atoms with Crippen molar-refractivity contribution in [1.29, 1.82) is 0 Å². The topological polar surface area (TPSA) is 46.3 Å². The lowest BCUT2D eigenvalue weighted by atomic mass is 9.97. The van der Waals surface area contributed by atoms with E-state index in [0.29, 0.717) is 6.54 Å². The minimum absolute atomic E-state index is 0.0118. The number of benzene rings is 1. The number of carbonyl (C=O) groups excluding carboxylic acids is 1. The van der Waals surface area contributed by atoms with E-state index >= 15 is 0 Å². The number of thiophene rings is 1. The van der Waals surface area contributed by atoms with Crippen molar-refractivity contribution in [3.63, 3.8) is 0 Å². The predicted octanol–water partition coefficient (Wildman–Crippen LogP) is 2.59. The third-order valence-electron chi connectivity index (χ3n) is 3.51. The van der Waals surface area contributed by atoms with Gasteiger partial charge in [0.1, 0.15) is 0 Å². The number of fused-ring (bicyclic) bond motifs is 1. The van der Waals surface area contributed by atoms with E-state index in [4.69, 9.17) is 5.73 Å². The van der Waals surface area contributed by atoms with Crippen LogP contribution in [0, 0.1) is 6.92 Å². The van der Waals surface area contributed by atoms with E-state index in [2.05, 4.69) is 6.07 Å². The molecule has 1 unspecified atom stereocenters. The molecule has 0 radical (unpaired) electrons. The van der Waals surface area contributed by atoms with Gasteiger partial charge in [0.05, 0.1) is 5.56 Å². The summed E-state index contributed by atoms with van der Waals surface area (Å²) in [6.07, 6.45) is 0.836. The zero-order chi connectivity index (χ0) is 13.4. The molecule has 98 valence electrons. The van der Waals surface area contributed by atoms with Crippen molar-refractivity contribution < 1.29 is 4.79 Å². The number of nitrogens with zero attached hydrogens (tertiary/aromatic N) is 1. The Morgan fingerprint density at radius 2 is 2.16 bits per heavy atom. The van der Waals surface area contributed by atoms with E-state index in [1.54, 1.807) is 11.3 Å². The van der Waals surface area contributed by atoms with Crippen molar-refractivity contribution in [2.24, 2.45) is 5.73 Å². The minimum Gasteiger partial charge on any atom is -0.326 e. The van der Waals surface area contributed by atoms with Gasteiger partial charge in [0.25, 0.3) is 5.91 Å². The second-order valence-corrected chi connectivity index (χ2v) is 5.72. The van der Waals surface area contributed by atoms with E-state index in [-0.39, 0.29) is 11.9 Å². The fourth-order valence-electron chi connectivity index (χ4n) is 2.54. The lowest BCUT2D eigenvalue weighted by molar-refractivity contribution is 0.0983. The van der Waals surface area contributed by atoms with Gasteiger partial charge in [-0.15, -0.1) is 0 Å². The quantitative estimate of drug-likeness (QED) is 0.867. The molecule has 0 fully saturated rings. The van der Waals surface area contributed by atoms with Crippen molar-refractivity contribution in [3.8, 4) is 0 Å². The average molecular weight is 272 g/mol. The molecule has 1 aliphatic heterocycles. The fraction of sp³-hybridized carbons (Fsp3) is 0.267. The van der Waals surface area contributed by atoms with Gasteiger partial charge in [0, 0.05) is 23.7 Å². The van der Waals surface area contributed by atoms with Gasteiger partial charge >= 0.3 is 0 Å². The summed E-state index contributed by atoms with van der Waals surface area (Å²) in [5.74, 6) is 0.0568. The number of hydrogen-bond acceptors (Lipinski definition) is 3. The van der Waals surface area contributed by atoms with Crippen LogP contribution in [0.15, 0.2) is 35.0 Å². The molecule has 0 spiro atoms. The van der Waals surface area contributed by atoms with Gasteiger partial charge in [0.15, 0.2) is 0 Å². The number of amides is 1. The number of anilines is 1. The first-order valence-corrected chi connectivity index (χ1v) is 7.29. The maximum atomic E-state index is 12.7. The number of aryl methyl sites for hydroxylation is 1. The molecular formula is C15H16N2OS. The molecule has 3 rings (SSSR count). The molecule has 3 nitrogen and oxygen atoms in total. The van der Waals surface area contributed by atoms with Gasteiger partial charge in [-0.05, 0) is 35.9 Å². The van der Waals surface area contributed by atoms with Gasteiger partial charge in [-0.25, -0.2) is 0 Å². The zero-order valence-electron chi connectivity index (χ0n) is 10.8. The summed E-state index contributed by atoms with van der Waals surface area (Å²) < 4.78 is 0. The Morgan fingerprint density at radius 1 is 1.37 bits per heavy atom. The summed E-state index contributed by atoms with van der Waals surface area (Å²) >= 11 is 1.56. The lowest BCUT2D eigenvalue weighted by Gasteiger charge is -2.33. The molecular weight excluding hydrogens is 256 g/mol. The largest absolute Gasteiger partial charge is 0.326 e. The first-order valence-electron chi connectivity index (χ1n) is 6.35. The summed E-state index contributed by atoms with van der Waals surface area (Å²) in [6.45, 7) is 2.56. The second kappa shape index (κ2) is 4.79. The number of para-hydroxylation sites is 1. The highest BCUT2D eigenvalue weighted by Gasteiger charge is 2.27. The van der Waals surface area contributed by atoms with Gasteiger partial charge < -0.3 is 10.6 Å². The first kappa shape index (κ1) is 12.4. The molecule has 2 N–H and O–H groups in total. The molecule has 2 heterocycles. The van der Waals surface area contributed by atoms with Gasteiger partial charge in [-0.2, -0.15) is 11.3 Å². The molecule has 2 aromatic rings. The molecule has 1 aromatic carbocycles. The van der Waals surface area contributed by atoms with E-state index in [9.17, 15) is 4.79 Å². The standard InChI is InChI=1S/C15H16N2OS/c1-10-8-19-9-13(10)15(18)17-7-12(16)6-11-4-2-3-5-14(11)17/h2-5,8-9,12H,6-7,16H2,1H3. The molecule has 1 aliphatic rings. The van der Waals surface area contributed by atoms with Crippen molar-refractivity contribution in [2.75, 3.05) is 11.4 Å². The maximum Gasteiger partial charge on any atom is 0.259 e. The molecule has 0 bridgehead atoms. The summed E-state index contributed by atoms with van der Waals surface area (Å²) in [5.41, 5.74) is 10.1. The van der Waals surface area contributed by atoms with Crippen LogP contribution in [-0.4, -0.2) is 18.5 Å². The van der Waals surface area contributed by atoms with Crippen LogP contribution in [0.2, 0.25) is 0 Å². The molecule has 19 heavy (non-hydrogen) atoms. The number of carbonyl (C=O) groups is 1. The fourth-order valence-corrected chi connectivity index (χ4v) is 3.37. The van der Waals surface area contributed by atoms with Gasteiger partial charge in [0.2, 0.25) is 0 Å². The monoisotopic (exact) mass is 272 g/mol. The van der Waals surface area contributed by atoms with E-state index in [0.717, 1.165) is 28.8 Å². The summed E-state index contributed by atoms with van der Waals surface area (Å²) in [7, 11) is 0. The molecule has 0 saturated heterocycles. The molecule has 1 atom stereocenters. The van der Waals surface area contributed by atoms with Crippen LogP contribution in [0.3, 0.4) is 0 Å². The minimum atomic E-state index is 0.0118. The SMILES string of the molecule is Cc1cscc1C(=O)N1CC(N)Cc2ccccc21. The van der Waals surface area contributed by atoms with Crippen LogP contribution in [0.4, 0.5) is 5.69 Å². The van der Waals surface area contributed by atoms with Crippen LogP contribution in [0.1, 0.15) is 21.5 Å². The van der Waals surface area contributed by atoms with Crippen molar-refractivity contribution in [1.82, 2.24) is 0 Å². The van der Waals surface area contributed by atoms with Crippen molar-refractivity contribution in [2.45, 2.75) is 19.4 Å². The first-order chi connectivity index (χ1) is 9.16. The molecule has 0 aliphatic carbocycles. The van der Waals surface area contributed by atoms with Crippen LogP contribution >= 0.6 is 11.3 Å². The summed E-state index contributed by atoms with van der Waals surface area (Å²) in [4.78, 5) is 14.5. The highest BCUT2D eigenvalue weighted by molar-refractivity contribution is 7.08. The smallest absolute Gasteiger partial charge is 0.259 e. The van der Waals surface area contributed by atoms with Crippen molar-refractivity contribution in [3.05, 3.63) is 51.7 Å². The highest BCUT2D eigenvalue weighted by Crippen LogP contribution is 2.29. The van der Waals surface area contributed by atoms with Gasteiger partial charge in [-0.3, -0.25) is 4.79 Å². The van der Waals surface area contributed by atoms with E-state index in [1.807, 2.05) is 40.8 Å². The third kappa shape index (κ3) is 2.17.